The van der Waals surface area contributed by atoms with Crippen LogP contribution < -0.4 is 9.47 Å². The topological polar surface area (TPSA) is 61.8 Å². The van der Waals surface area contributed by atoms with E-state index in [9.17, 15) is 8.42 Å². The first-order valence-corrected chi connectivity index (χ1v) is 11.4. The number of hydrogen-bond donors (Lipinski definition) is 0. The Hall–Kier alpha value is -2.31. The summed E-state index contributed by atoms with van der Waals surface area (Å²) < 4.78 is 41.5. The third kappa shape index (κ3) is 5.24. The molecule has 0 heterocycles. The zero-order valence-corrected chi connectivity index (χ0v) is 19.5. The molecule has 0 N–H and O–H groups in total. The molecule has 2 rings (SSSR count). The maximum Gasteiger partial charge on any atom is 0.296 e. The van der Waals surface area contributed by atoms with Crippen LogP contribution in [0, 0.1) is 12.8 Å². The summed E-state index contributed by atoms with van der Waals surface area (Å²) in [5.41, 5.74) is 1.59. The number of benzene rings is 2. The SMILES string of the molecule is C/C=C/[C@@](CCOS(=O)(=O)c1ccc(C)cc1)(c1ccc(OC)c(OC)c1)C(C)C. The molecule has 0 fully saturated rings. The Morgan fingerprint density at radius 2 is 1.63 bits per heavy atom. The van der Waals surface area contributed by atoms with E-state index in [2.05, 4.69) is 19.9 Å². The summed E-state index contributed by atoms with van der Waals surface area (Å²) in [6.07, 6.45) is 4.60. The lowest BCUT2D eigenvalue weighted by molar-refractivity contribution is 0.249. The van der Waals surface area contributed by atoms with Gasteiger partial charge in [0.25, 0.3) is 10.1 Å². The van der Waals surface area contributed by atoms with Crippen molar-refractivity contribution in [3.05, 3.63) is 65.7 Å². The lowest BCUT2D eigenvalue weighted by Crippen LogP contribution is -2.32. The van der Waals surface area contributed by atoms with Gasteiger partial charge in [0.2, 0.25) is 0 Å². The maximum atomic E-state index is 12.6. The predicted molar refractivity (Wildman–Crippen MR) is 120 cm³/mol. The number of ether oxygens (including phenoxy) is 2. The van der Waals surface area contributed by atoms with E-state index in [4.69, 9.17) is 13.7 Å². The van der Waals surface area contributed by atoms with Crippen LogP contribution in [0.5, 0.6) is 11.5 Å². The van der Waals surface area contributed by atoms with Crippen LogP contribution in [0.25, 0.3) is 0 Å². The zero-order valence-electron chi connectivity index (χ0n) is 18.6. The van der Waals surface area contributed by atoms with Gasteiger partial charge in [-0.2, -0.15) is 8.42 Å². The van der Waals surface area contributed by atoms with Crippen LogP contribution in [0.15, 0.2) is 59.5 Å². The number of methoxy groups -OCH3 is 2. The number of aryl methyl sites for hydroxylation is 1. The van der Waals surface area contributed by atoms with Gasteiger partial charge in [-0.05, 0) is 56.0 Å². The maximum absolute atomic E-state index is 12.6. The first-order valence-electron chi connectivity index (χ1n) is 10.0. The summed E-state index contributed by atoms with van der Waals surface area (Å²) in [5, 5.41) is 0. The lowest BCUT2D eigenvalue weighted by atomic mass is 9.69. The Morgan fingerprint density at radius 1 is 1.00 bits per heavy atom. The molecule has 0 spiro atoms. The predicted octanol–water partition coefficient (Wildman–Crippen LogP) is 5.28. The smallest absolute Gasteiger partial charge is 0.296 e. The van der Waals surface area contributed by atoms with Crippen LogP contribution in [0.1, 0.15) is 38.3 Å². The molecule has 0 bridgehead atoms. The quantitative estimate of drug-likeness (QED) is 0.378. The van der Waals surface area contributed by atoms with Crippen molar-refractivity contribution in [1.82, 2.24) is 0 Å². The monoisotopic (exact) mass is 432 g/mol. The van der Waals surface area contributed by atoms with E-state index >= 15 is 0 Å². The van der Waals surface area contributed by atoms with Gasteiger partial charge in [-0.15, -0.1) is 0 Å². The summed E-state index contributed by atoms with van der Waals surface area (Å²) in [4.78, 5) is 0.167. The Morgan fingerprint density at radius 3 is 2.17 bits per heavy atom. The summed E-state index contributed by atoms with van der Waals surface area (Å²) in [7, 11) is -0.612. The van der Waals surface area contributed by atoms with Crippen molar-refractivity contribution in [3.63, 3.8) is 0 Å². The van der Waals surface area contributed by atoms with Crippen LogP contribution in [-0.2, 0) is 19.7 Å². The first-order chi connectivity index (χ1) is 14.2. The second kappa shape index (κ2) is 10.1. The van der Waals surface area contributed by atoms with Crippen LogP contribution in [-0.4, -0.2) is 29.2 Å². The molecule has 0 aliphatic carbocycles. The highest BCUT2D eigenvalue weighted by Crippen LogP contribution is 2.41. The molecule has 1 atom stereocenters. The largest absolute Gasteiger partial charge is 0.493 e. The minimum absolute atomic E-state index is 0.0626. The van der Waals surface area contributed by atoms with E-state index in [1.165, 1.54) is 0 Å². The molecule has 0 aromatic heterocycles. The van der Waals surface area contributed by atoms with Crippen molar-refractivity contribution in [2.75, 3.05) is 20.8 Å². The minimum Gasteiger partial charge on any atom is -0.493 e. The van der Waals surface area contributed by atoms with Crippen molar-refractivity contribution in [2.24, 2.45) is 5.92 Å². The normalized spacial score (nSPS) is 14.1. The number of hydrogen-bond acceptors (Lipinski definition) is 5. The third-order valence-corrected chi connectivity index (χ3v) is 6.81. The van der Waals surface area contributed by atoms with Crippen molar-refractivity contribution < 1.29 is 22.1 Å². The fraction of sp³-hybridized carbons (Fsp3) is 0.417. The molecule has 0 radical (unpaired) electrons. The summed E-state index contributed by atoms with van der Waals surface area (Å²) in [6.45, 7) is 8.17. The number of allylic oxidation sites excluding steroid dienone is 2. The Bertz CT molecular complexity index is 962. The van der Waals surface area contributed by atoms with Crippen molar-refractivity contribution in [1.29, 1.82) is 0 Å². The second-order valence-electron chi connectivity index (χ2n) is 7.60. The zero-order chi connectivity index (χ0) is 22.4. The number of rotatable bonds is 10. The summed E-state index contributed by atoms with van der Waals surface area (Å²) >= 11 is 0. The molecule has 0 saturated heterocycles. The van der Waals surface area contributed by atoms with Gasteiger partial charge in [-0.3, -0.25) is 4.18 Å². The molecule has 0 unspecified atom stereocenters. The highest BCUT2D eigenvalue weighted by molar-refractivity contribution is 7.86. The van der Waals surface area contributed by atoms with Gasteiger partial charge in [0.1, 0.15) is 0 Å². The van der Waals surface area contributed by atoms with Gasteiger partial charge in [-0.25, -0.2) is 0 Å². The van der Waals surface area contributed by atoms with Crippen molar-refractivity contribution in [2.45, 2.75) is 44.4 Å². The molecule has 30 heavy (non-hydrogen) atoms. The van der Waals surface area contributed by atoms with Gasteiger partial charge in [0.05, 0.1) is 25.7 Å². The summed E-state index contributed by atoms with van der Waals surface area (Å²) in [6, 6.07) is 12.5. The highest BCUT2D eigenvalue weighted by Gasteiger charge is 2.34. The standard InChI is InChI=1S/C24H32O5S/c1-7-14-24(18(2)3,20-10-13-22(27-5)23(17-20)28-6)15-16-29-30(25,26)21-11-8-19(4)9-12-21/h7-14,17-18H,15-16H2,1-6H3/b14-7+/t24-/m0/s1. The fourth-order valence-corrected chi connectivity index (χ4v) is 4.56. The van der Waals surface area contributed by atoms with Gasteiger partial charge < -0.3 is 9.47 Å². The Kier molecular flexibility index (Phi) is 8.10. The second-order valence-corrected chi connectivity index (χ2v) is 9.22. The van der Waals surface area contributed by atoms with E-state index in [1.807, 2.05) is 38.1 Å². The van der Waals surface area contributed by atoms with Gasteiger partial charge in [0, 0.05) is 5.41 Å². The molecule has 0 amide bonds. The lowest BCUT2D eigenvalue weighted by Gasteiger charge is -2.36. The van der Waals surface area contributed by atoms with Crippen LogP contribution in [0.3, 0.4) is 0 Å². The highest BCUT2D eigenvalue weighted by atomic mass is 32.2. The average molecular weight is 433 g/mol. The van der Waals surface area contributed by atoms with Crippen LogP contribution >= 0.6 is 0 Å². The molecule has 2 aromatic rings. The fourth-order valence-electron chi connectivity index (χ4n) is 3.65. The molecule has 0 saturated carbocycles. The molecule has 5 nitrogen and oxygen atoms in total. The van der Waals surface area contributed by atoms with Crippen molar-refractivity contribution in [3.8, 4) is 11.5 Å². The van der Waals surface area contributed by atoms with Crippen LogP contribution in [0.2, 0.25) is 0 Å². The minimum atomic E-state index is -3.81. The van der Waals surface area contributed by atoms with Crippen molar-refractivity contribution >= 4 is 10.1 Å². The van der Waals surface area contributed by atoms with E-state index in [-0.39, 0.29) is 17.4 Å². The molecule has 6 heteroatoms. The van der Waals surface area contributed by atoms with Gasteiger partial charge >= 0.3 is 0 Å². The summed E-state index contributed by atoms with van der Waals surface area (Å²) in [5.74, 6) is 1.48. The first kappa shape index (κ1) is 24.0. The molecule has 2 aromatic carbocycles. The molecular formula is C24H32O5S. The molecule has 164 valence electrons. The Labute approximate surface area is 180 Å². The van der Waals surface area contributed by atoms with Gasteiger partial charge in [-0.1, -0.05) is 49.8 Å². The van der Waals surface area contributed by atoms with Gasteiger partial charge in [0.15, 0.2) is 11.5 Å². The Balaban J connectivity index is 2.33. The van der Waals surface area contributed by atoms with Crippen LogP contribution in [0.4, 0.5) is 0 Å². The average Bonchev–Trinajstić information content (AvgIpc) is 2.72. The molecule has 0 aliphatic heterocycles. The van der Waals surface area contributed by atoms with E-state index in [0.717, 1.165) is 11.1 Å². The van der Waals surface area contributed by atoms with E-state index < -0.39 is 15.5 Å². The molecule has 0 aliphatic rings. The molecular weight excluding hydrogens is 400 g/mol. The van der Waals surface area contributed by atoms with E-state index in [0.29, 0.717) is 17.9 Å². The van der Waals surface area contributed by atoms with E-state index in [1.54, 1.807) is 38.5 Å². The third-order valence-electron chi connectivity index (χ3n) is 5.48.